The molecule has 3 aromatic heterocycles. The van der Waals surface area contributed by atoms with Crippen molar-refractivity contribution >= 4 is 105 Å². The monoisotopic (exact) mass is 699 g/mol. The summed E-state index contributed by atoms with van der Waals surface area (Å²) in [6, 6.07) is 63.2. The van der Waals surface area contributed by atoms with Crippen LogP contribution in [0.15, 0.2) is 182 Å². The van der Waals surface area contributed by atoms with E-state index in [9.17, 15) is 0 Å². The molecule has 244 valence electrons. The van der Waals surface area contributed by atoms with Crippen molar-refractivity contribution in [2.24, 2.45) is 0 Å². The summed E-state index contributed by atoms with van der Waals surface area (Å²) in [5, 5.41) is 12.0. The lowest BCUT2D eigenvalue weighted by Gasteiger charge is -2.25. The number of para-hydroxylation sites is 2. The molecule has 0 aliphatic rings. The first-order valence-corrected chi connectivity index (χ1v) is 20.4. The molecule has 3 nitrogen and oxygen atoms in total. The Morgan fingerprint density at radius 1 is 0.423 bits per heavy atom. The molecule has 0 saturated heterocycles. The Labute approximate surface area is 305 Å². The quantitative estimate of drug-likeness (QED) is 0.135. The third kappa shape index (κ3) is 4.14. The van der Waals surface area contributed by atoms with E-state index in [-0.39, 0.29) is 0 Å². The lowest BCUT2D eigenvalue weighted by molar-refractivity contribution is 1.18. The average molecular weight is 700 g/mol. The van der Waals surface area contributed by atoms with Gasteiger partial charge >= 0.3 is 0 Å². The zero-order valence-electron chi connectivity index (χ0n) is 28.0. The summed E-state index contributed by atoms with van der Waals surface area (Å²) >= 11 is 6.85. The lowest BCUT2D eigenvalue weighted by atomic mass is 9.99. The molecule has 0 saturated carbocycles. The maximum Gasteiger partial charge on any atom is 0.147 e. The summed E-state index contributed by atoms with van der Waals surface area (Å²) in [6.07, 6.45) is 0. The Balaban J connectivity index is 1.27. The molecule has 0 bridgehead atoms. The molecular formula is C47H30N3PS. The minimum Gasteiger partial charge on any atom is -0.309 e. The number of aromatic nitrogens is 3. The molecular weight excluding hydrogens is 670 g/mol. The molecule has 0 aliphatic carbocycles. The fourth-order valence-electron chi connectivity index (χ4n) is 8.41. The van der Waals surface area contributed by atoms with Crippen LogP contribution in [0, 0.1) is 0 Å². The highest BCUT2D eigenvalue weighted by molar-refractivity contribution is 8.25. The lowest BCUT2D eigenvalue weighted by Crippen LogP contribution is -2.24. The minimum absolute atomic E-state index is 0.965. The Hall–Kier alpha value is -6.06. The number of hydrogen-bond acceptors (Lipinski definition) is 2. The second-order valence-electron chi connectivity index (χ2n) is 13.5. The molecule has 0 unspecified atom stereocenters. The van der Waals surface area contributed by atoms with Crippen molar-refractivity contribution in [2.45, 2.75) is 0 Å². The van der Waals surface area contributed by atoms with Crippen molar-refractivity contribution in [3.8, 4) is 5.69 Å². The zero-order chi connectivity index (χ0) is 34.4. The summed E-state index contributed by atoms with van der Waals surface area (Å²) in [5.74, 6) is 0. The van der Waals surface area contributed by atoms with E-state index in [1.54, 1.807) is 0 Å². The van der Waals surface area contributed by atoms with Gasteiger partial charge in [-0.2, -0.15) is 0 Å². The third-order valence-electron chi connectivity index (χ3n) is 10.7. The van der Waals surface area contributed by atoms with Crippen LogP contribution >= 0.6 is 6.04 Å². The van der Waals surface area contributed by atoms with Crippen LogP contribution in [0.25, 0.3) is 76.6 Å². The van der Waals surface area contributed by atoms with Gasteiger partial charge in [-0.05, 0) is 74.5 Å². The van der Waals surface area contributed by atoms with E-state index in [1.807, 2.05) is 0 Å². The number of hydrogen-bond donors (Lipinski definition) is 0. The van der Waals surface area contributed by atoms with Gasteiger partial charge in [0.1, 0.15) is 5.65 Å². The third-order valence-corrected chi connectivity index (χ3v) is 15.7. The van der Waals surface area contributed by atoms with Crippen LogP contribution in [0.1, 0.15) is 0 Å². The Morgan fingerprint density at radius 2 is 1.04 bits per heavy atom. The molecule has 8 aromatic carbocycles. The van der Waals surface area contributed by atoms with Crippen LogP contribution in [0.3, 0.4) is 0 Å². The van der Waals surface area contributed by atoms with E-state index in [0.29, 0.717) is 0 Å². The smallest absolute Gasteiger partial charge is 0.147 e. The van der Waals surface area contributed by atoms with E-state index in [0.717, 1.165) is 33.3 Å². The SMILES string of the molecule is S=P(c1ccccc1)(c1ccccc1)c1ccc2c(c1)c1ccc3ccccc3c1c1nc3ccc(-n4c5ccccc5c5ccccc54)cc3n21. The Morgan fingerprint density at radius 3 is 1.73 bits per heavy atom. The fraction of sp³-hybridized carbons (Fsp3) is 0. The van der Waals surface area contributed by atoms with Crippen LogP contribution in [0.5, 0.6) is 0 Å². The van der Waals surface area contributed by atoms with Gasteiger partial charge < -0.3 is 4.57 Å². The van der Waals surface area contributed by atoms with Crippen molar-refractivity contribution in [1.82, 2.24) is 14.0 Å². The molecule has 11 aromatic rings. The predicted octanol–water partition coefficient (Wildman–Crippen LogP) is 10.8. The average Bonchev–Trinajstić information content (AvgIpc) is 3.77. The molecule has 52 heavy (non-hydrogen) atoms. The second-order valence-corrected chi connectivity index (χ2v) is 17.9. The van der Waals surface area contributed by atoms with E-state index in [1.165, 1.54) is 59.3 Å². The van der Waals surface area contributed by atoms with Crippen LogP contribution < -0.4 is 15.9 Å². The molecule has 5 heteroatoms. The first kappa shape index (κ1) is 29.6. The van der Waals surface area contributed by atoms with Crippen LogP contribution in [0.2, 0.25) is 0 Å². The second kappa shape index (κ2) is 11.2. The van der Waals surface area contributed by atoms with E-state index in [2.05, 4.69) is 191 Å². The van der Waals surface area contributed by atoms with E-state index in [4.69, 9.17) is 16.8 Å². The first-order chi connectivity index (χ1) is 25.7. The van der Waals surface area contributed by atoms with Gasteiger partial charge in [-0.15, -0.1) is 0 Å². The molecule has 0 radical (unpaired) electrons. The highest BCUT2D eigenvalue weighted by Gasteiger charge is 2.26. The highest BCUT2D eigenvalue weighted by Crippen LogP contribution is 2.45. The van der Waals surface area contributed by atoms with Gasteiger partial charge in [0, 0.05) is 33.3 Å². The van der Waals surface area contributed by atoms with Crippen LogP contribution in [0.4, 0.5) is 0 Å². The fourth-order valence-corrected chi connectivity index (χ4v) is 12.2. The summed E-state index contributed by atoms with van der Waals surface area (Å²) in [4.78, 5) is 5.40. The number of pyridine rings is 1. The van der Waals surface area contributed by atoms with Crippen LogP contribution in [-0.4, -0.2) is 14.0 Å². The number of rotatable bonds is 4. The standard InChI is InChI=1S/C47H30N3PS/c52-51(33-14-3-1-4-15-33,34-16-5-2-6-17-34)35-25-28-44-40(30-35)39-26-23-31-13-7-8-18-36(31)46(39)47-48-41-27-24-32(29-45(41)50(44)47)49-42-21-11-9-19-37(42)38-20-10-12-22-43(38)49/h1-30H. The van der Waals surface area contributed by atoms with Gasteiger partial charge in [0.25, 0.3) is 0 Å². The van der Waals surface area contributed by atoms with Gasteiger partial charge in [-0.3, -0.25) is 4.40 Å². The van der Waals surface area contributed by atoms with Gasteiger partial charge in [0.05, 0.1) is 27.6 Å². The van der Waals surface area contributed by atoms with E-state index < -0.39 is 6.04 Å². The number of benzene rings is 8. The molecule has 3 heterocycles. The van der Waals surface area contributed by atoms with Gasteiger partial charge in [-0.25, -0.2) is 4.98 Å². The van der Waals surface area contributed by atoms with Crippen molar-refractivity contribution in [2.75, 3.05) is 0 Å². The Bertz CT molecular complexity index is 3170. The Kier molecular flexibility index (Phi) is 6.40. The summed E-state index contributed by atoms with van der Waals surface area (Å²) in [6.45, 7) is 0. The number of fused-ring (bicyclic) bond motifs is 13. The van der Waals surface area contributed by atoms with Gasteiger partial charge in [0.2, 0.25) is 0 Å². The minimum atomic E-state index is -2.38. The largest absolute Gasteiger partial charge is 0.309 e. The number of nitrogens with zero attached hydrogens (tertiary/aromatic N) is 3. The summed E-state index contributed by atoms with van der Waals surface area (Å²) in [5.41, 5.74) is 7.61. The molecule has 0 atom stereocenters. The predicted molar refractivity (Wildman–Crippen MR) is 226 cm³/mol. The molecule has 0 spiro atoms. The summed E-state index contributed by atoms with van der Waals surface area (Å²) in [7, 11) is 0. The maximum atomic E-state index is 6.85. The molecule has 11 rings (SSSR count). The van der Waals surface area contributed by atoms with Crippen LogP contribution in [-0.2, 0) is 11.8 Å². The van der Waals surface area contributed by atoms with Gasteiger partial charge in [-0.1, -0.05) is 151 Å². The molecule has 0 fully saturated rings. The van der Waals surface area contributed by atoms with E-state index >= 15 is 0 Å². The normalized spacial score (nSPS) is 12.3. The van der Waals surface area contributed by atoms with Crippen molar-refractivity contribution in [1.29, 1.82) is 0 Å². The number of imidazole rings is 1. The van der Waals surface area contributed by atoms with Crippen molar-refractivity contribution in [3.63, 3.8) is 0 Å². The molecule has 0 aliphatic heterocycles. The van der Waals surface area contributed by atoms with Gasteiger partial charge in [0.15, 0.2) is 0 Å². The maximum absolute atomic E-state index is 6.85. The highest BCUT2D eigenvalue weighted by atomic mass is 32.4. The zero-order valence-corrected chi connectivity index (χ0v) is 29.7. The van der Waals surface area contributed by atoms with Crippen molar-refractivity contribution in [3.05, 3.63) is 182 Å². The van der Waals surface area contributed by atoms with Crippen molar-refractivity contribution < 1.29 is 0 Å². The summed E-state index contributed by atoms with van der Waals surface area (Å²) < 4.78 is 4.77. The molecule has 0 amide bonds. The molecule has 0 N–H and O–H groups in total. The first-order valence-electron chi connectivity index (χ1n) is 17.6. The topological polar surface area (TPSA) is 22.2 Å².